The Hall–Kier alpha value is -2.40. The summed E-state index contributed by atoms with van der Waals surface area (Å²) in [6.07, 6.45) is 1.08. The zero-order valence-corrected chi connectivity index (χ0v) is 15.3. The van der Waals surface area contributed by atoms with Gasteiger partial charge < -0.3 is 15.2 Å². The predicted molar refractivity (Wildman–Crippen MR) is 100 cm³/mol. The van der Waals surface area contributed by atoms with Crippen LogP contribution in [0.1, 0.15) is 29.8 Å². The molecule has 1 aromatic carbocycles. The van der Waals surface area contributed by atoms with Crippen molar-refractivity contribution in [2.45, 2.75) is 45.3 Å². The van der Waals surface area contributed by atoms with Gasteiger partial charge in [0, 0.05) is 23.9 Å². The van der Waals surface area contributed by atoms with Crippen molar-refractivity contribution in [3.05, 3.63) is 59.4 Å². The van der Waals surface area contributed by atoms with Crippen molar-refractivity contribution in [1.82, 2.24) is 10.3 Å². The predicted octanol–water partition coefficient (Wildman–Crippen LogP) is 2.58. The Kier molecular flexibility index (Phi) is 5.89. The summed E-state index contributed by atoms with van der Waals surface area (Å²) < 4.78 is 5.92. The summed E-state index contributed by atoms with van der Waals surface area (Å²) in [5.74, 6) is 0.716. The van der Waals surface area contributed by atoms with Crippen LogP contribution in [-0.2, 0) is 11.2 Å². The lowest BCUT2D eigenvalue weighted by Crippen LogP contribution is -2.37. The quantitative estimate of drug-likeness (QED) is 0.836. The van der Waals surface area contributed by atoms with Crippen LogP contribution in [0.2, 0.25) is 0 Å². The van der Waals surface area contributed by atoms with E-state index in [9.17, 15) is 9.90 Å². The number of aromatic nitrogens is 1. The number of ether oxygens (including phenoxy) is 1. The van der Waals surface area contributed by atoms with Crippen molar-refractivity contribution in [3.8, 4) is 5.75 Å². The minimum atomic E-state index is -0.575. The number of carbonyl (C=O) groups is 1. The number of nitrogens with one attached hydrogen (secondary N) is 1. The molecule has 2 aromatic rings. The van der Waals surface area contributed by atoms with Gasteiger partial charge in [0.15, 0.2) is 0 Å². The zero-order chi connectivity index (χ0) is 18.5. The highest BCUT2D eigenvalue weighted by atomic mass is 16.5. The van der Waals surface area contributed by atoms with Crippen molar-refractivity contribution in [1.29, 1.82) is 0 Å². The van der Waals surface area contributed by atoms with E-state index in [0.717, 1.165) is 30.0 Å². The third-order valence-electron chi connectivity index (χ3n) is 4.84. The van der Waals surface area contributed by atoms with Gasteiger partial charge in [0.2, 0.25) is 5.91 Å². The minimum Gasteiger partial charge on any atom is -0.488 e. The average Bonchev–Trinajstić information content (AvgIpc) is 2.95. The van der Waals surface area contributed by atoms with Gasteiger partial charge in [-0.3, -0.25) is 9.78 Å². The molecule has 0 saturated heterocycles. The topological polar surface area (TPSA) is 71.5 Å². The second kappa shape index (κ2) is 8.32. The summed E-state index contributed by atoms with van der Waals surface area (Å²) in [6.45, 7) is 4.39. The number of aliphatic hydroxyl groups is 1. The SMILES string of the molecule is Cc1ccc(O[C@@H]2CC[C@H](CNC(=O)Cc3cccc(C)n3)[C@H]2O)cc1. The molecule has 1 amide bonds. The lowest BCUT2D eigenvalue weighted by molar-refractivity contribution is -0.120. The smallest absolute Gasteiger partial charge is 0.226 e. The molecule has 1 heterocycles. The molecule has 1 aromatic heterocycles. The van der Waals surface area contributed by atoms with Gasteiger partial charge >= 0.3 is 0 Å². The van der Waals surface area contributed by atoms with E-state index < -0.39 is 6.10 Å². The van der Waals surface area contributed by atoms with Crippen LogP contribution in [0.15, 0.2) is 42.5 Å². The number of aliphatic hydroxyl groups excluding tert-OH is 1. The van der Waals surface area contributed by atoms with Gasteiger partial charge in [-0.1, -0.05) is 23.8 Å². The molecule has 2 N–H and O–H groups in total. The highest BCUT2D eigenvalue weighted by Gasteiger charge is 2.36. The summed E-state index contributed by atoms with van der Waals surface area (Å²) in [4.78, 5) is 16.5. The highest BCUT2D eigenvalue weighted by Crippen LogP contribution is 2.29. The van der Waals surface area contributed by atoms with Crippen LogP contribution >= 0.6 is 0 Å². The van der Waals surface area contributed by atoms with E-state index in [1.54, 1.807) is 0 Å². The zero-order valence-electron chi connectivity index (χ0n) is 15.3. The maximum atomic E-state index is 12.1. The summed E-state index contributed by atoms with van der Waals surface area (Å²) >= 11 is 0. The maximum absolute atomic E-state index is 12.1. The van der Waals surface area contributed by atoms with Crippen LogP contribution in [0.4, 0.5) is 0 Å². The molecule has 3 rings (SSSR count). The molecule has 1 fully saturated rings. The standard InChI is InChI=1S/C21H26N2O3/c1-14-6-9-18(10-7-14)26-19-11-8-16(21(19)25)13-22-20(24)12-17-5-3-4-15(2)23-17/h3-7,9-10,16,19,21,25H,8,11-13H2,1-2H3,(H,22,24)/t16-,19-,21-/m1/s1. The first-order valence-electron chi connectivity index (χ1n) is 9.12. The maximum Gasteiger partial charge on any atom is 0.226 e. The van der Waals surface area contributed by atoms with Gasteiger partial charge in [0.25, 0.3) is 0 Å². The molecule has 138 valence electrons. The number of nitrogens with zero attached hydrogens (tertiary/aromatic N) is 1. The van der Waals surface area contributed by atoms with Crippen LogP contribution in [0.25, 0.3) is 0 Å². The van der Waals surface area contributed by atoms with Crippen LogP contribution in [0.5, 0.6) is 5.75 Å². The molecule has 0 aliphatic heterocycles. The largest absolute Gasteiger partial charge is 0.488 e. The summed E-state index contributed by atoms with van der Waals surface area (Å²) in [6, 6.07) is 13.5. The molecule has 5 nitrogen and oxygen atoms in total. The van der Waals surface area contributed by atoms with Gasteiger partial charge in [-0.05, 0) is 51.0 Å². The number of carbonyl (C=O) groups excluding carboxylic acids is 1. The van der Waals surface area contributed by atoms with E-state index in [2.05, 4.69) is 10.3 Å². The average molecular weight is 354 g/mol. The Morgan fingerprint density at radius 1 is 1.19 bits per heavy atom. The molecule has 0 spiro atoms. The number of hydrogen-bond donors (Lipinski definition) is 2. The van der Waals surface area contributed by atoms with E-state index in [0.29, 0.717) is 6.54 Å². The van der Waals surface area contributed by atoms with Crippen LogP contribution < -0.4 is 10.1 Å². The van der Waals surface area contributed by atoms with Crippen molar-refractivity contribution in [3.63, 3.8) is 0 Å². The molecule has 5 heteroatoms. The molecule has 1 aliphatic rings. The third kappa shape index (κ3) is 4.82. The number of benzene rings is 1. The highest BCUT2D eigenvalue weighted by molar-refractivity contribution is 5.78. The summed E-state index contributed by atoms with van der Waals surface area (Å²) in [7, 11) is 0. The van der Waals surface area contributed by atoms with Gasteiger partial charge in [0.05, 0.1) is 12.5 Å². The van der Waals surface area contributed by atoms with Crippen molar-refractivity contribution in [2.24, 2.45) is 5.92 Å². The molecular formula is C21H26N2O3. The van der Waals surface area contributed by atoms with Gasteiger partial charge in [-0.15, -0.1) is 0 Å². The van der Waals surface area contributed by atoms with E-state index in [4.69, 9.17) is 4.74 Å². The second-order valence-electron chi connectivity index (χ2n) is 7.05. The third-order valence-corrected chi connectivity index (χ3v) is 4.84. The molecule has 0 unspecified atom stereocenters. The number of amides is 1. The van der Waals surface area contributed by atoms with Gasteiger partial charge in [0.1, 0.15) is 11.9 Å². The first kappa shape index (κ1) is 18.4. The fraction of sp³-hybridized carbons (Fsp3) is 0.429. The molecule has 26 heavy (non-hydrogen) atoms. The van der Waals surface area contributed by atoms with E-state index in [-0.39, 0.29) is 24.3 Å². The van der Waals surface area contributed by atoms with Crippen molar-refractivity contribution >= 4 is 5.91 Å². The van der Waals surface area contributed by atoms with Gasteiger partial charge in [-0.25, -0.2) is 0 Å². The van der Waals surface area contributed by atoms with E-state index in [1.165, 1.54) is 5.56 Å². The molecular weight excluding hydrogens is 328 g/mol. The molecule has 3 atom stereocenters. The second-order valence-corrected chi connectivity index (χ2v) is 7.05. The Morgan fingerprint density at radius 3 is 2.69 bits per heavy atom. The Balaban J connectivity index is 1.46. The van der Waals surface area contributed by atoms with Crippen LogP contribution in [-0.4, -0.2) is 34.8 Å². The number of pyridine rings is 1. The number of aryl methyl sites for hydroxylation is 2. The van der Waals surface area contributed by atoms with Crippen LogP contribution in [0, 0.1) is 19.8 Å². The number of hydrogen-bond acceptors (Lipinski definition) is 4. The Labute approximate surface area is 154 Å². The molecule has 0 radical (unpaired) electrons. The summed E-state index contributed by atoms with van der Waals surface area (Å²) in [5.41, 5.74) is 2.83. The van der Waals surface area contributed by atoms with Crippen molar-refractivity contribution in [2.75, 3.05) is 6.54 Å². The minimum absolute atomic E-state index is 0.0138. The van der Waals surface area contributed by atoms with Gasteiger partial charge in [-0.2, -0.15) is 0 Å². The number of rotatable bonds is 6. The first-order chi connectivity index (χ1) is 12.5. The molecule has 1 aliphatic carbocycles. The Bertz CT molecular complexity index is 745. The lowest BCUT2D eigenvalue weighted by atomic mass is 10.1. The summed E-state index contributed by atoms with van der Waals surface area (Å²) in [5, 5.41) is 13.4. The molecule has 1 saturated carbocycles. The van der Waals surface area contributed by atoms with Crippen molar-refractivity contribution < 1.29 is 14.6 Å². The lowest BCUT2D eigenvalue weighted by Gasteiger charge is -2.21. The fourth-order valence-electron chi connectivity index (χ4n) is 3.34. The molecule has 0 bridgehead atoms. The normalized spacial score (nSPS) is 22.2. The first-order valence-corrected chi connectivity index (χ1v) is 9.12. The van der Waals surface area contributed by atoms with Crippen LogP contribution in [0.3, 0.4) is 0 Å². The fourth-order valence-corrected chi connectivity index (χ4v) is 3.34. The van der Waals surface area contributed by atoms with E-state index >= 15 is 0 Å². The monoisotopic (exact) mass is 354 g/mol. The Morgan fingerprint density at radius 2 is 1.96 bits per heavy atom. The van der Waals surface area contributed by atoms with E-state index in [1.807, 2.05) is 56.3 Å².